The highest BCUT2D eigenvalue weighted by molar-refractivity contribution is 7.18. The Hall–Kier alpha value is -1.34. The van der Waals surface area contributed by atoms with Crippen LogP contribution in [0, 0.1) is 5.41 Å². The van der Waals surface area contributed by atoms with Crippen molar-refractivity contribution < 1.29 is 9.53 Å². The Kier molecular flexibility index (Phi) is 4.03. The van der Waals surface area contributed by atoms with E-state index in [1.807, 2.05) is 0 Å². The number of thiazole rings is 1. The summed E-state index contributed by atoms with van der Waals surface area (Å²) in [6.07, 6.45) is 3.53. The van der Waals surface area contributed by atoms with Crippen molar-refractivity contribution in [2.45, 2.75) is 26.2 Å². The van der Waals surface area contributed by atoms with Crippen LogP contribution in [0.1, 0.15) is 35.9 Å². The summed E-state index contributed by atoms with van der Waals surface area (Å²) in [4.78, 5) is 19.3. The van der Waals surface area contributed by atoms with Crippen LogP contribution < -0.4 is 16.0 Å². The van der Waals surface area contributed by atoms with Crippen molar-refractivity contribution in [2.75, 3.05) is 43.5 Å². The van der Waals surface area contributed by atoms with Crippen LogP contribution in [0.15, 0.2) is 0 Å². The average Bonchev–Trinajstić information content (AvgIpc) is 3.20. The molecule has 1 aliphatic heterocycles. The standard InChI is InChI=1S/C14H22N4O2S/c1-2-14(3-4-14)9-16-12(19)10-11(15)17-13(21-10)18-5-7-20-8-6-18/h2-9,15H2,1H3,(H,16,19). The maximum absolute atomic E-state index is 12.3. The number of hydrogen-bond acceptors (Lipinski definition) is 6. The molecule has 1 saturated carbocycles. The number of nitrogens with two attached hydrogens (primary N) is 1. The van der Waals surface area contributed by atoms with Crippen LogP contribution in [0.5, 0.6) is 0 Å². The van der Waals surface area contributed by atoms with Gasteiger partial charge in [0, 0.05) is 19.6 Å². The molecule has 0 atom stereocenters. The highest BCUT2D eigenvalue weighted by Gasteiger charge is 2.40. The van der Waals surface area contributed by atoms with Crippen molar-refractivity contribution in [3.8, 4) is 0 Å². The van der Waals surface area contributed by atoms with Gasteiger partial charge in [0.15, 0.2) is 5.13 Å². The number of amides is 1. The van der Waals surface area contributed by atoms with E-state index >= 15 is 0 Å². The molecule has 3 rings (SSSR count). The molecule has 3 N–H and O–H groups in total. The van der Waals surface area contributed by atoms with Crippen LogP contribution in [-0.4, -0.2) is 43.7 Å². The lowest BCUT2D eigenvalue weighted by Gasteiger charge is -2.25. The fourth-order valence-electron chi connectivity index (χ4n) is 2.55. The van der Waals surface area contributed by atoms with Crippen LogP contribution in [0.4, 0.5) is 10.9 Å². The van der Waals surface area contributed by atoms with Gasteiger partial charge in [-0.15, -0.1) is 0 Å². The molecule has 21 heavy (non-hydrogen) atoms. The molecule has 2 aliphatic rings. The Morgan fingerprint density at radius 3 is 2.81 bits per heavy atom. The number of morpholine rings is 1. The second kappa shape index (κ2) is 5.81. The summed E-state index contributed by atoms with van der Waals surface area (Å²) in [7, 11) is 0. The smallest absolute Gasteiger partial charge is 0.265 e. The van der Waals surface area contributed by atoms with Gasteiger partial charge < -0.3 is 20.7 Å². The molecule has 0 unspecified atom stereocenters. The summed E-state index contributed by atoms with van der Waals surface area (Å²) in [5.41, 5.74) is 6.25. The monoisotopic (exact) mass is 310 g/mol. The molecule has 7 heteroatoms. The molecule has 0 spiro atoms. The lowest BCUT2D eigenvalue weighted by atomic mass is 10.0. The number of carbonyl (C=O) groups is 1. The molecule has 2 heterocycles. The zero-order valence-electron chi connectivity index (χ0n) is 12.4. The number of carbonyl (C=O) groups excluding carboxylic acids is 1. The lowest BCUT2D eigenvalue weighted by molar-refractivity contribution is 0.0949. The number of nitrogen functional groups attached to an aromatic ring is 1. The van der Waals surface area contributed by atoms with Crippen LogP contribution in [0.3, 0.4) is 0 Å². The third-order valence-corrected chi connectivity index (χ3v) is 5.59. The van der Waals surface area contributed by atoms with Gasteiger partial charge in [-0.3, -0.25) is 4.79 Å². The van der Waals surface area contributed by atoms with Crippen molar-refractivity contribution in [3.63, 3.8) is 0 Å². The number of aromatic nitrogens is 1. The molecular formula is C14H22N4O2S. The number of nitrogens with one attached hydrogen (secondary N) is 1. The zero-order chi connectivity index (χ0) is 14.9. The van der Waals surface area contributed by atoms with Crippen LogP contribution >= 0.6 is 11.3 Å². The van der Waals surface area contributed by atoms with Crippen molar-refractivity contribution in [2.24, 2.45) is 5.41 Å². The fourth-order valence-corrected chi connectivity index (χ4v) is 3.51. The Morgan fingerprint density at radius 1 is 1.48 bits per heavy atom. The molecule has 6 nitrogen and oxygen atoms in total. The molecule has 1 saturated heterocycles. The van der Waals surface area contributed by atoms with Crippen LogP contribution in [0.2, 0.25) is 0 Å². The summed E-state index contributed by atoms with van der Waals surface area (Å²) >= 11 is 1.37. The lowest BCUT2D eigenvalue weighted by Crippen LogP contribution is -2.36. The van der Waals surface area contributed by atoms with Gasteiger partial charge in [-0.25, -0.2) is 4.98 Å². The number of ether oxygens (including phenoxy) is 1. The third-order valence-electron chi connectivity index (χ3n) is 4.46. The third kappa shape index (κ3) is 3.13. The van der Waals surface area contributed by atoms with E-state index < -0.39 is 0 Å². The number of rotatable bonds is 5. The molecule has 1 aromatic heterocycles. The molecular weight excluding hydrogens is 288 g/mol. The van der Waals surface area contributed by atoms with E-state index in [2.05, 4.69) is 22.1 Å². The predicted octanol–water partition coefficient (Wildman–Crippen LogP) is 1.48. The molecule has 0 bridgehead atoms. The minimum absolute atomic E-state index is 0.0933. The van der Waals surface area contributed by atoms with Gasteiger partial charge in [-0.1, -0.05) is 18.3 Å². The first-order valence-corrected chi connectivity index (χ1v) is 8.32. The number of hydrogen-bond donors (Lipinski definition) is 2. The average molecular weight is 310 g/mol. The number of anilines is 2. The Morgan fingerprint density at radius 2 is 2.19 bits per heavy atom. The van der Waals surface area contributed by atoms with Crippen LogP contribution in [-0.2, 0) is 4.74 Å². The minimum Gasteiger partial charge on any atom is -0.382 e. The molecule has 2 fully saturated rings. The van der Waals surface area contributed by atoms with E-state index in [4.69, 9.17) is 10.5 Å². The van der Waals surface area contributed by atoms with E-state index in [1.165, 1.54) is 24.2 Å². The second-order valence-corrected chi connectivity index (χ2v) is 6.82. The normalized spacial score (nSPS) is 20.3. The van der Waals surface area contributed by atoms with Gasteiger partial charge in [0.05, 0.1) is 13.2 Å². The van der Waals surface area contributed by atoms with Gasteiger partial charge in [0.2, 0.25) is 0 Å². The largest absolute Gasteiger partial charge is 0.382 e. The van der Waals surface area contributed by atoms with Gasteiger partial charge >= 0.3 is 0 Å². The Balaban J connectivity index is 1.64. The van der Waals surface area contributed by atoms with E-state index in [1.54, 1.807) is 0 Å². The SMILES string of the molecule is CCC1(CNC(=O)c2sc(N3CCOCC3)nc2N)CC1. The fraction of sp³-hybridized carbons (Fsp3) is 0.714. The molecule has 1 amide bonds. The molecule has 1 aliphatic carbocycles. The summed E-state index contributed by atoms with van der Waals surface area (Å²) in [5.74, 6) is 0.240. The number of nitrogens with zero attached hydrogens (tertiary/aromatic N) is 2. The topological polar surface area (TPSA) is 80.5 Å². The quantitative estimate of drug-likeness (QED) is 0.861. The van der Waals surface area contributed by atoms with Gasteiger partial charge in [0.25, 0.3) is 5.91 Å². The summed E-state index contributed by atoms with van der Waals surface area (Å²) in [6.45, 7) is 5.91. The van der Waals surface area contributed by atoms with E-state index in [9.17, 15) is 4.79 Å². The van der Waals surface area contributed by atoms with E-state index in [0.29, 0.717) is 29.3 Å². The van der Waals surface area contributed by atoms with E-state index in [0.717, 1.165) is 31.2 Å². The summed E-state index contributed by atoms with van der Waals surface area (Å²) in [5, 5.41) is 3.84. The van der Waals surface area contributed by atoms with Gasteiger partial charge in [-0.2, -0.15) is 0 Å². The molecule has 0 aromatic carbocycles. The second-order valence-electron chi connectivity index (χ2n) is 5.85. The van der Waals surface area contributed by atoms with E-state index in [-0.39, 0.29) is 5.91 Å². The highest BCUT2D eigenvalue weighted by atomic mass is 32.1. The first-order chi connectivity index (χ1) is 10.1. The Labute approximate surface area is 128 Å². The molecule has 0 radical (unpaired) electrons. The van der Waals surface area contributed by atoms with Crippen molar-refractivity contribution >= 4 is 28.2 Å². The maximum Gasteiger partial charge on any atom is 0.265 e. The molecule has 116 valence electrons. The van der Waals surface area contributed by atoms with Crippen molar-refractivity contribution in [1.82, 2.24) is 10.3 Å². The zero-order valence-corrected chi connectivity index (χ0v) is 13.2. The summed E-state index contributed by atoms with van der Waals surface area (Å²) in [6, 6.07) is 0. The summed E-state index contributed by atoms with van der Waals surface area (Å²) < 4.78 is 5.33. The minimum atomic E-state index is -0.0933. The van der Waals surface area contributed by atoms with Crippen molar-refractivity contribution in [1.29, 1.82) is 0 Å². The predicted molar refractivity (Wildman–Crippen MR) is 83.8 cm³/mol. The first-order valence-electron chi connectivity index (χ1n) is 7.51. The van der Waals surface area contributed by atoms with Gasteiger partial charge in [-0.05, 0) is 24.7 Å². The van der Waals surface area contributed by atoms with Gasteiger partial charge in [0.1, 0.15) is 10.7 Å². The van der Waals surface area contributed by atoms with Crippen molar-refractivity contribution in [3.05, 3.63) is 4.88 Å². The Bertz CT molecular complexity index is 521. The van der Waals surface area contributed by atoms with Crippen LogP contribution in [0.25, 0.3) is 0 Å². The highest BCUT2D eigenvalue weighted by Crippen LogP contribution is 2.47. The maximum atomic E-state index is 12.3. The first kappa shape index (κ1) is 14.6. The molecule has 1 aromatic rings.